The normalized spacial score (nSPS) is 36.2. The van der Waals surface area contributed by atoms with Crippen molar-refractivity contribution < 1.29 is 33.8 Å². The fraction of sp³-hybridized carbons (Fsp3) is 0.705. The van der Waals surface area contributed by atoms with Gasteiger partial charge in [-0.1, -0.05) is 78.3 Å². The molecule has 6 rings (SSSR count). The number of esters is 1. The predicted octanol–water partition coefficient (Wildman–Crippen LogP) is 8.92. The third kappa shape index (κ3) is 6.03. The maximum atomic E-state index is 14.5. The number of carbonyl (C=O) groups excluding carboxylic acids is 4. The molecule has 0 saturated heterocycles. The van der Waals surface area contributed by atoms with Crippen molar-refractivity contribution in [2.24, 2.45) is 56.2 Å². The lowest BCUT2D eigenvalue weighted by atomic mass is 9.33. The molecule has 290 valence electrons. The molecule has 0 bridgehead atoms. The van der Waals surface area contributed by atoms with E-state index in [4.69, 9.17) is 16.3 Å². The molecule has 8 nitrogen and oxygen atoms in total. The lowest BCUT2D eigenvalue weighted by molar-refractivity contribution is -0.233. The van der Waals surface area contributed by atoms with Crippen molar-refractivity contribution in [1.82, 2.24) is 5.32 Å². The number of benzene rings is 1. The van der Waals surface area contributed by atoms with Gasteiger partial charge in [0.15, 0.2) is 5.78 Å². The Labute approximate surface area is 320 Å². The molecule has 1 aromatic carbocycles. The number of halogens is 1. The molecular weight excluding hydrogens is 690 g/mol. The van der Waals surface area contributed by atoms with E-state index < -0.39 is 34.5 Å². The second-order valence-electron chi connectivity index (χ2n) is 19.6. The van der Waals surface area contributed by atoms with Crippen molar-refractivity contribution in [3.05, 3.63) is 46.0 Å². The average molecular weight is 750 g/mol. The summed E-state index contributed by atoms with van der Waals surface area (Å²) >= 11 is 6.36. The number of allylic oxidation sites excluding steroid dienone is 2. The van der Waals surface area contributed by atoms with Crippen LogP contribution in [0.15, 0.2) is 35.4 Å². The van der Waals surface area contributed by atoms with Crippen LogP contribution in [0.25, 0.3) is 0 Å². The van der Waals surface area contributed by atoms with E-state index in [-0.39, 0.29) is 64.8 Å². The largest absolute Gasteiger partial charge is 0.481 e. The lowest BCUT2D eigenvalue weighted by Crippen LogP contribution is -2.66. The molecule has 0 aromatic heterocycles. The molecule has 0 radical (unpaired) electrons. The number of rotatable bonds is 9. The molecule has 4 saturated carbocycles. The molecule has 0 aliphatic heterocycles. The van der Waals surface area contributed by atoms with Gasteiger partial charge in [0.1, 0.15) is 6.10 Å². The molecule has 0 spiro atoms. The van der Waals surface area contributed by atoms with Crippen LogP contribution in [-0.2, 0) is 35.3 Å². The fourth-order valence-corrected chi connectivity index (χ4v) is 13.0. The van der Waals surface area contributed by atoms with Gasteiger partial charge in [-0.3, -0.25) is 24.0 Å². The Hall–Kier alpha value is -3.00. The van der Waals surface area contributed by atoms with Crippen molar-refractivity contribution in [2.45, 2.75) is 139 Å². The Morgan fingerprint density at radius 2 is 1.60 bits per heavy atom. The minimum absolute atomic E-state index is 0.0100. The zero-order valence-corrected chi connectivity index (χ0v) is 34.0. The van der Waals surface area contributed by atoms with Gasteiger partial charge in [0.2, 0.25) is 5.78 Å². The monoisotopic (exact) mass is 749 g/mol. The smallest absolute Gasteiger partial charge is 0.309 e. The Bertz CT molecular complexity index is 1760. The average Bonchev–Trinajstić information content (AvgIpc) is 3.38. The molecule has 9 heteroatoms. The minimum Gasteiger partial charge on any atom is -0.481 e. The van der Waals surface area contributed by atoms with Crippen LogP contribution in [0.5, 0.6) is 0 Å². The van der Waals surface area contributed by atoms with Gasteiger partial charge in [0, 0.05) is 23.4 Å². The van der Waals surface area contributed by atoms with Gasteiger partial charge in [0.25, 0.3) is 5.91 Å². The van der Waals surface area contributed by atoms with Gasteiger partial charge < -0.3 is 15.2 Å². The molecule has 5 aliphatic carbocycles. The van der Waals surface area contributed by atoms with E-state index >= 15 is 0 Å². The predicted molar refractivity (Wildman–Crippen MR) is 204 cm³/mol. The van der Waals surface area contributed by atoms with Crippen LogP contribution in [0, 0.1) is 56.2 Å². The molecule has 0 unspecified atom stereocenters. The summed E-state index contributed by atoms with van der Waals surface area (Å²) in [6.45, 7) is 19.1. The Morgan fingerprint density at radius 3 is 2.25 bits per heavy atom. The first kappa shape index (κ1) is 39.7. The number of fused-ring (bicyclic) bond motifs is 7. The number of carboxylic acid groups (broad SMARTS) is 1. The van der Waals surface area contributed by atoms with Gasteiger partial charge in [-0.25, -0.2) is 0 Å². The van der Waals surface area contributed by atoms with Crippen LogP contribution in [0.3, 0.4) is 0 Å². The summed E-state index contributed by atoms with van der Waals surface area (Å²) in [6, 6.07) is 7.26. The van der Waals surface area contributed by atoms with Crippen LogP contribution in [0.1, 0.15) is 132 Å². The maximum Gasteiger partial charge on any atom is 0.309 e. The van der Waals surface area contributed by atoms with Crippen LogP contribution in [-0.4, -0.2) is 40.6 Å². The molecule has 53 heavy (non-hydrogen) atoms. The zero-order chi connectivity index (χ0) is 39.1. The highest BCUT2D eigenvalue weighted by molar-refractivity contribution is 6.40. The van der Waals surface area contributed by atoms with E-state index in [0.717, 1.165) is 61.7 Å². The fourth-order valence-electron chi connectivity index (χ4n) is 12.8. The number of amides is 1. The number of nitrogens with one attached hydrogen (secondary N) is 1. The number of aliphatic carboxylic acids is 1. The van der Waals surface area contributed by atoms with Crippen molar-refractivity contribution in [3.63, 3.8) is 0 Å². The highest BCUT2D eigenvalue weighted by atomic mass is 35.5. The molecular formula is C44H60ClNO7. The topological polar surface area (TPSA) is 127 Å². The van der Waals surface area contributed by atoms with Crippen molar-refractivity contribution in [2.75, 3.05) is 0 Å². The molecule has 8 atom stereocenters. The number of Topliss-reactive ketones (excluding diaryl/α,β-unsaturated/α-hetero) is 2. The Morgan fingerprint density at radius 1 is 0.925 bits per heavy atom. The standard InChI is InChI=1S/C44H60ClNO7/c1-25(2)34-29(47)22-44(36(49)37(50)46-24-26-12-10-11-13-28(26)45)21-20-42(8)27(35(34)44)14-15-31-41(7)18-17-32(53-33(48)23-39(3,4)38(51)52)40(5,6)30(41)16-19-43(31,42)9/h10-13,25,27,30-32H,14-24H2,1-9H3,(H,46,50)(H,51,52)/t27-,30+,31-,32+,41+,42-,43-,44-/m1/s1. The van der Waals surface area contributed by atoms with E-state index in [1.807, 2.05) is 32.0 Å². The Kier molecular flexibility index (Phi) is 9.99. The summed E-state index contributed by atoms with van der Waals surface area (Å²) in [5, 5.41) is 13.0. The summed E-state index contributed by atoms with van der Waals surface area (Å²) < 4.78 is 6.13. The number of carboxylic acids is 1. The minimum atomic E-state index is -1.19. The van der Waals surface area contributed by atoms with Crippen LogP contribution < -0.4 is 5.32 Å². The molecule has 2 N–H and O–H groups in total. The summed E-state index contributed by atoms with van der Waals surface area (Å²) in [4.78, 5) is 67.0. The molecule has 1 aromatic rings. The van der Waals surface area contributed by atoms with Crippen LogP contribution >= 0.6 is 11.6 Å². The van der Waals surface area contributed by atoms with E-state index in [0.29, 0.717) is 23.3 Å². The van der Waals surface area contributed by atoms with Gasteiger partial charge >= 0.3 is 11.9 Å². The summed E-state index contributed by atoms with van der Waals surface area (Å²) in [7, 11) is 0. The van der Waals surface area contributed by atoms with E-state index in [2.05, 4.69) is 39.9 Å². The third-order valence-electron chi connectivity index (χ3n) is 15.8. The highest BCUT2D eigenvalue weighted by Crippen LogP contribution is 2.76. The van der Waals surface area contributed by atoms with Crippen LogP contribution in [0.2, 0.25) is 5.02 Å². The van der Waals surface area contributed by atoms with Crippen molar-refractivity contribution in [3.8, 4) is 0 Å². The summed E-state index contributed by atoms with van der Waals surface area (Å²) in [6.07, 6.45) is 6.27. The SMILES string of the molecule is CC(C)C1=C2[C@H]3CC[C@@H]4[C@@]5(C)CC[C@H](OC(=O)CC(C)(C)C(=O)O)C(C)(C)[C@@H]5CC[C@@]4(C)[C@]3(C)CC[C@@]2(C(=O)C(=O)NCc2ccccc2Cl)CC1=O. The first-order chi connectivity index (χ1) is 24.6. The number of hydrogen-bond acceptors (Lipinski definition) is 6. The van der Waals surface area contributed by atoms with Gasteiger partial charge in [-0.15, -0.1) is 0 Å². The third-order valence-corrected chi connectivity index (χ3v) is 16.2. The maximum absolute atomic E-state index is 14.5. The Balaban J connectivity index is 1.28. The molecule has 0 heterocycles. The number of hydrogen-bond donors (Lipinski definition) is 2. The number of ether oxygens (including phenoxy) is 1. The summed E-state index contributed by atoms with van der Waals surface area (Å²) in [5.74, 6) is -1.94. The highest BCUT2D eigenvalue weighted by Gasteiger charge is 2.71. The van der Waals surface area contributed by atoms with Crippen molar-refractivity contribution >= 4 is 41.0 Å². The quantitative estimate of drug-likeness (QED) is 0.191. The van der Waals surface area contributed by atoms with E-state index in [9.17, 15) is 29.1 Å². The van der Waals surface area contributed by atoms with Gasteiger partial charge in [-0.2, -0.15) is 0 Å². The van der Waals surface area contributed by atoms with Crippen LogP contribution in [0.4, 0.5) is 0 Å². The second kappa shape index (κ2) is 13.3. The van der Waals surface area contributed by atoms with E-state index in [1.165, 1.54) is 0 Å². The van der Waals surface area contributed by atoms with Gasteiger partial charge in [0.05, 0.1) is 17.3 Å². The lowest BCUT2D eigenvalue weighted by Gasteiger charge is -2.72. The van der Waals surface area contributed by atoms with E-state index in [1.54, 1.807) is 19.9 Å². The number of ketones is 2. The first-order valence-corrected chi connectivity index (χ1v) is 20.2. The molecule has 4 fully saturated rings. The first-order valence-electron chi connectivity index (χ1n) is 19.8. The number of carbonyl (C=O) groups is 5. The molecule has 5 aliphatic rings. The molecule has 1 amide bonds. The second-order valence-corrected chi connectivity index (χ2v) is 20.0. The zero-order valence-electron chi connectivity index (χ0n) is 33.2. The van der Waals surface area contributed by atoms with Gasteiger partial charge in [-0.05, 0) is 128 Å². The summed E-state index contributed by atoms with van der Waals surface area (Å²) in [5.41, 5.74) is -0.425. The van der Waals surface area contributed by atoms with Crippen molar-refractivity contribution in [1.29, 1.82) is 0 Å².